The van der Waals surface area contributed by atoms with Gasteiger partial charge in [0.25, 0.3) is 0 Å². The van der Waals surface area contributed by atoms with E-state index in [4.69, 9.17) is 5.73 Å². The molecule has 0 unspecified atom stereocenters. The van der Waals surface area contributed by atoms with Crippen LogP contribution in [-0.4, -0.2) is 14.8 Å². The predicted octanol–water partition coefficient (Wildman–Crippen LogP) is 1.36. The van der Waals surface area contributed by atoms with Crippen LogP contribution in [0, 0.1) is 12.7 Å². The third-order valence-electron chi connectivity index (χ3n) is 2.05. The lowest BCUT2D eigenvalue weighted by molar-refractivity contribution is 0.624. The molecule has 0 aliphatic rings. The molecule has 0 fully saturated rings. The number of nitrogens with two attached hydrogens (primary N) is 1. The second kappa shape index (κ2) is 3.68. The van der Waals surface area contributed by atoms with Gasteiger partial charge in [-0.15, -0.1) is 0 Å². The van der Waals surface area contributed by atoms with Gasteiger partial charge in [-0.3, -0.25) is 0 Å². The van der Waals surface area contributed by atoms with E-state index in [1.54, 1.807) is 23.7 Å². The van der Waals surface area contributed by atoms with Gasteiger partial charge in [-0.05, 0) is 24.6 Å². The minimum atomic E-state index is -0.249. The van der Waals surface area contributed by atoms with E-state index in [1.807, 2.05) is 0 Å². The minimum absolute atomic E-state index is 0.249. The van der Waals surface area contributed by atoms with Crippen molar-refractivity contribution in [1.82, 2.24) is 14.8 Å². The van der Waals surface area contributed by atoms with E-state index in [-0.39, 0.29) is 5.82 Å². The van der Waals surface area contributed by atoms with Gasteiger partial charge in [-0.1, -0.05) is 12.1 Å². The molecular formula is C10H11FN4. The number of hydrogen-bond acceptors (Lipinski definition) is 3. The van der Waals surface area contributed by atoms with Crippen molar-refractivity contribution >= 4 is 5.95 Å². The fourth-order valence-corrected chi connectivity index (χ4v) is 1.35. The lowest BCUT2D eigenvalue weighted by Gasteiger charge is -2.02. The van der Waals surface area contributed by atoms with Crippen LogP contribution in [0.25, 0.3) is 0 Å². The Morgan fingerprint density at radius 2 is 2.00 bits per heavy atom. The SMILES string of the molecule is Cc1nc(N)n(Cc2ccc(F)cc2)n1. The molecule has 5 heteroatoms. The summed E-state index contributed by atoms with van der Waals surface area (Å²) in [5.41, 5.74) is 6.57. The fourth-order valence-electron chi connectivity index (χ4n) is 1.35. The highest BCUT2D eigenvalue weighted by Gasteiger charge is 2.03. The Balaban J connectivity index is 2.21. The van der Waals surface area contributed by atoms with E-state index in [0.29, 0.717) is 18.3 Å². The molecule has 0 saturated heterocycles. The molecule has 0 saturated carbocycles. The highest BCUT2D eigenvalue weighted by Crippen LogP contribution is 2.07. The average Bonchev–Trinajstić information content (AvgIpc) is 2.49. The number of halogens is 1. The number of rotatable bonds is 2. The smallest absolute Gasteiger partial charge is 0.219 e. The van der Waals surface area contributed by atoms with Crippen molar-refractivity contribution < 1.29 is 4.39 Å². The van der Waals surface area contributed by atoms with E-state index in [9.17, 15) is 4.39 Å². The molecule has 0 bridgehead atoms. The molecule has 0 aliphatic heterocycles. The monoisotopic (exact) mass is 206 g/mol. The number of aromatic nitrogens is 3. The Bertz CT molecular complexity index is 461. The molecule has 2 N–H and O–H groups in total. The van der Waals surface area contributed by atoms with Crippen molar-refractivity contribution in [2.45, 2.75) is 13.5 Å². The van der Waals surface area contributed by atoms with Crippen LogP contribution in [0.15, 0.2) is 24.3 Å². The Morgan fingerprint density at radius 1 is 1.33 bits per heavy atom. The molecule has 2 aromatic rings. The first-order chi connectivity index (χ1) is 7.15. The van der Waals surface area contributed by atoms with Crippen molar-refractivity contribution in [3.8, 4) is 0 Å². The number of nitrogen functional groups attached to an aromatic ring is 1. The van der Waals surface area contributed by atoms with E-state index >= 15 is 0 Å². The summed E-state index contributed by atoms with van der Waals surface area (Å²) in [6.45, 7) is 2.28. The molecule has 15 heavy (non-hydrogen) atoms. The zero-order chi connectivity index (χ0) is 10.8. The first-order valence-electron chi connectivity index (χ1n) is 4.56. The molecule has 0 aliphatic carbocycles. The average molecular weight is 206 g/mol. The molecule has 4 nitrogen and oxygen atoms in total. The number of aryl methyl sites for hydroxylation is 1. The first kappa shape index (κ1) is 9.64. The van der Waals surface area contributed by atoms with E-state index < -0.39 is 0 Å². The molecule has 2 rings (SSSR count). The summed E-state index contributed by atoms with van der Waals surface area (Å²) in [6, 6.07) is 6.22. The summed E-state index contributed by atoms with van der Waals surface area (Å²) >= 11 is 0. The molecule has 1 heterocycles. The van der Waals surface area contributed by atoms with Gasteiger partial charge in [0, 0.05) is 0 Å². The first-order valence-corrected chi connectivity index (χ1v) is 4.56. The molecule has 78 valence electrons. The Labute approximate surface area is 86.6 Å². The number of hydrogen-bond donors (Lipinski definition) is 1. The van der Waals surface area contributed by atoms with Gasteiger partial charge in [0.2, 0.25) is 5.95 Å². The summed E-state index contributed by atoms with van der Waals surface area (Å²) in [5, 5.41) is 4.11. The van der Waals surface area contributed by atoms with Crippen molar-refractivity contribution in [2.75, 3.05) is 5.73 Å². The summed E-state index contributed by atoms with van der Waals surface area (Å²) < 4.78 is 14.2. The molecule has 0 amide bonds. The van der Waals surface area contributed by atoms with E-state index in [1.165, 1.54) is 12.1 Å². The van der Waals surface area contributed by atoms with Crippen LogP contribution in [0.2, 0.25) is 0 Å². The van der Waals surface area contributed by atoms with Crippen LogP contribution in [0.4, 0.5) is 10.3 Å². The maximum absolute atomic E-state index is 12.6. The third-order valence-corrected chi connectivity index (χ3v) is 2.05. The largest absolute Gasteiger partial charge is 0.368 e. The second-order valence-corrected chi connectivity index (χ2v) is 3.30. The van der Waals surface area contributed by atoms with Crippen LogP contribution in [-0.2, 0) is 6.54 Å². The summed E-state index contributed by atoms with van der Waals surface area (Å²) in [4.78, 5) is 3.98. The van der Waals surface area contributed by atoms with Crippen LogP contribution in [0.3, 0.4) is 0 Å². The van der Waals surface area contributed by atoms with Crippen LogP contribution < -0.4 is 5.73 Å². The van der Waals surface area contributed by atoms with E-state index in [0.717, 1.165) is 5.56 Å². The van der Waals surface area contributed by atoms with Gasteiger partial charge in [-0.25, -0.2) is 9.07 Å². The molecule has 0 radical (unpaired) electrons. The van der Waals surface area contributed by atoms with Crippen LogP contribution in [0.1, 0.15) is 11.4 Å². The quantitative estimate of drug-likeness (QED) is 0.807. The molecule has 0 spiro atoms. The Hall–Kier alpha value is -1.91. The third kappa shape index (κ3) is 2.12. The normalized spacial score (nSPS) is 10.5. The van der Waals surface area contributed by atoms with Crippen molar-refractivity contribution in [2.24, 2.45) is 0 Å². The zero-order valence-electron chi connectivity index (χ0n) is 8.31. The maximum Gasteiger partial charge on any atom is 0.219 e. The van der Waals surface area contributed by atoms with Gasteiger partial charge in [0.15, 0.2) is 0 Å². The standard InChI is InChI=1S/C10H11FN4/c1-7-13-10(12)15(14-7)6-8-2-4-9(11)5-3-8/h2-5H,6H2,1H3,(H2,12,13,14). The topological polar surface area (TPSA) is 56.7 Å². The van der Waals surface area contributed by atoms with Crippen LogP contribution in [0.5, 0.6) is 0 Å². The predicted molar refractivity (Wildman–Crippen MR) is 54.7 cm³/mol. The minimum Gasteiger partial charge on any atom is -0.368 e. The zero-order valence-corrected chi connectivity index (χ0v) is 8.31. The molecule has 1 aromatic carbocycles. The maximum atomic E-state index is 12.6. The van der Waals surface area contributed by atoms with Gasteiger partial charge in [0.05, 0.1) is 6.54 Å². The number of nitrogens with zero attached hydrogens (tertiary/aromatic N) is 3. The molecular weight excluding hydrogens is 195 g/mol. The fraction of sp³-hybridized carbons (Fsp3) is 0.200. The van der Waals surface area contributed by atoms with Crippen LogP contribution >= 0.6 is 0 Å². The van der Waals surface area contributed by atoms with Gasteiger partial charge < -0.3 is 5.73 Å². The highest BCUT2D eigenvalue weighted by molar-refractivity contribution is 5.21. The van der Waals surface area contributed by atoms with Crippen molar-refractivity contribution in [1.29, 1.82) is 0 Å². The van der Waals surface area contributed by atoms with Gasteiger partial charge in [-0.2, -0.15) is 10.1 Å². The van der Waals surface area contributed by atoms with Crippen molar-refractivity contribution in [3.63, 3.8) is 0 Å². The Kier molecular flexibility index (Phi) is 2.37. The van der Waals surface area contributed by atoms with Crippen molar-refractivity contribution in [3.05, 3.63) is 41.5 Å². The highest BCUT2D eigenvalue weighted by atomic mass is 19.1. The number of benzene rings is 1. The molecule has 1 aromatic heterocycles. The summed E-state index contributed by atoms with van der Waals surface area (Å²) in [6.07, 6.45) is 0. The summed E-state index contributed by atoms with van der Waals surface area (Å²) in [5.74, 6) is 0.757. The lowest BCUT2D eigenvalue weighted by atomic mass is 10.2. The second-order valence-electron chi connectivity index (χ2n) is 3.30. The molecule has 0 atom stereocenters. The van der Waals surface area contributed by atoms with Gasteiger partial charge in [0.1, 0.15) is 11.6 Å². The Morgan fingerprint density at radius 3 is 2.53 bits per heavy atom. The number of anilines is 1. The lowest BCUT2D eigenvalue weighted by Crippen LogP contribution is -2.06. The van der Waals surface area contributed by atoms with Gasteiger partial charge >= 0.3 is 0 Å². The summed E-state index contributed by atoms with van der Waals surface area (Å²) in [7, 11) is 0. The van der Waals surface area contributed by atoms with E-state index in [2.05, 4.69) is 10.1 Å².